The van der Waals surface area contributed by atoms with Crippen molar-refractivity contribution >= 4 is 0 Å². The maximum absolute atomic E-state index is 5.44. The Hall–Kier alpha value is -0.500. The summed E-state index contributed by atoms with van der Waals surface area (Å²) in [5, 5.41) is 0. The number of hydrogen-bond acceptors (Lipinski definition) is 2. The first-order chi connectivity index (χ1) is 4.84. The fourth-order valence-corrected chi connectivity index (χ4v) is 1.37. The summed E-state index contributed by atoms with van der Waals surface area (Å²) in [5.41, 5.74) is 6.71. The van der Waals surface area contributed by atoms with Gasteiger partial charge in [-0.1, -0.05) is 6.58 Å². The monoisotopic (exact) mass is 140 g/mol. The third-order valence-corrected chi connectivity index (χ3v) is 1.99. The second-order valence-corrected chi connectivity index (χ2v) is 2.80. The van der Waals surface area contributed by atoms with Gasteiger partial charge in [0.25, 0.3) is 0 Å². The number of nitrogens with two attached hydrogens (primary N) is 1. The predicted molar refractivity (Wildman–Crippen MR) is 43.6 cm³/mol. The van der Waals surface area contributed by atoms with E-state index in [1.54, 1.807) is 0 Å². The summed E-state index contributed by atoms with van der Waals surface area (Å²) < 4.78 is 0. The van der Waals surface area contributed by atoms with Crippen LogP contribution in [0.25, 0.3) is 0 Å². The van der Waals surface area contributed by atoms with Crippen LogP contribution in [0.5, 0.6) is 0 Å². The number of piperidine rings is 1. The molecule has 0 aliphatic carbocycles. The first-order valence-electron chi connectivity index (χ1n) is 3.97. The Bertz CT molecular complexity index is 118. The second kappa shape index (κ2) is 3.62. The van der Waals surface area contributed by atoms with Gasteiger partial charge in [-0.05, 0) is 19.3 Å². The lowest BCUT2D eigenvalue weighted by Gasteiger charge is -2.30. The molecule has 10 heavy (non-hydrogen) atoms. The fourth-order valence-electron chi connectivity index (χ4n) is 1.37. The van der Waals surface area contributed by atoms with E-state index in [4.69, 9.17) is 5.73 Å². The lowest BCUT2D eigenvalue weighted by atomic mass is 10.1. The van der Waals surface area contributed by atoms with E-state index in [2.05, 4.69) is 11.5 Å². The summed E-state index contributed by atoms with van der Waals surface area (Å²) in [5.74, 6) is 0. The zero-order chi connectivity index (χ0) is 7.40. The number of rotatable bonds is 2. The fraction of sp³-hybridized carbons (Fsp3) is 0.750. The molecule has 0 aromatic rings. The van der Waals surface area contributed by atoms with Crippen LogP contribution in [0, 0.1) is 0 Å². The highest BCUT2D eigenvalue weighted by atomic mass is 15.1. The van der Waals surface area contributed by atoms with Gasteiger partial charge in [0.05, 0.1) is 0 Å². The normalized spacial score (nSPS) is 19.7. The third-order valence-electron chi connectivity index (χ3n) is 1.99. The van der Waals surface area contributed by atoms with Crippen LogP contribution in [0.3, 0.4) is 0 Å². The lowest BCUT2D eigenvalue weighted by Crippen LogP contribution is -2.31. The van der Waals surface area contributed by atoms with E-state index in [1.807, 2.05) is 0 Å². The number of allylic oxidation sites excluding steroid dienone is 1. The van der Waals surface area contributed by atoms with Crippen molar-refractivity contribution in [3.8, 4) is 0 Å². The number of nitrogens with zero attached hydrogens (tertiary/aromatic N) is 1. The minimum Gasteiger partial charge on any atom is -0.374 e. The molecule has 1 fully saturated rings. The molecule has 0 aromatic carbocycles. The molecule has 1 aliphatic rings. The highest BCUT2D eigenvalue weighted by molar-refractivity contribution is 4.96. The van der Waals surface area contributed by atoms with Crippen molar-refractivity contribution in [3.05, 3.63) is 12.3 Å². The van der Waals surface area contributed by atoms with Crippen LogP contribution in [-0.2, 0) is 0 Å². The van der Waals surface area contributed by atoms with Crippen LogP contribution < -0.4 is 5.73 Å². The van der Waals surface area contributed by atoms with Gasteiger partial charge in [-0.3, -0.25) is 0 Å². The molecule has 0 unspecified atom stereocenters. The van der Waals surface area contributed by atoms with Gasteiger partial charge in [-0.15, -0.1) is 0 Å². The molecule has 2 heteroatoms. The van der Waals surface area contributed by atoms with E-state index in [0.29, 0.717) is 0 Å². The standard InChI is InChI=1S/C8H16N2/c1-8-4-2-3-6-10(8)7-5-9/h1-7,9H2. The molecule has 1 rings (SSSR count). The van der Waals surface area contributed by atoms with E-state index < -0.39 is 0 Å². The first kappa shape index (κ1) is 7.61. The highest BCUT2D eigenvalue weighted by Gasteiger charge is 2.10. The molecular weight excluding hydrogens is 124 g/mol. The molecule has 0 radical (unpaired) electrons. The Morgan fingerprint density at radius 3 is 2.90 bits per heavy atom. The SMILES string of the molecule is C=C1CCCCN1CCN. The second-order valence-electron chi connectivity index (χ2n) is 2.80. The van der Waals surface area contributed by atoms with E-state index >= 15 is 0 Å². The van der Waals surface area contributed by atoms with Gasteiger partial charge in [0.1, 0.15) is 0 Å². The molecule has 0 amide bonds. The van der Waals surface area contributed by atoms with Crippen molar-refractivity contribution in [2.45, 2.75) is 19.3 Å². The largest absolute Gasteiger partial charge is 0.374 e. The smallest absolute Gasteiger partial charge is 0.0297 e. The van der Waals surface area contributed by atoms with Crippen LogP contribution in [-0.4, -0.2) is 24.5 Å². The van der Waals surface area contributed by atoms with E-state index in [-0.39, 0.29) is 0 Å². The molecule has 2 nitrogen and oxygen atoms in total. The van der Waals surface area contributed by atoms with E-state index in [0.717, 1.165) is 19.6 Å². The highest BCUT2D eigenvalue weighted by Crippen LogP contribution is 2.17. The van der Waals surface area contributed by atoms with Crippen molar-refractivity contribution in [1.82, 2.24) is 4.90 Å². The number of likely N-dealkylation sites (tertiary alicyclic amines) is 1. The Balaban J connectivity index is 2.32. The van der Waals surface area contributed by atoms with Gasteiger partial charge < -0.3 is 10.6 Å². The Morgan fingerprint density at radius 1 is 1.50 bits per heavy atom. The summed E-state index contributed by atoms with van der Waals surface area (Å²) >= 11 is 0. The van der Waals surface area contributed by atoms with Gasteiger partial charge in [0, 0.05) is 25.3 Å². The van der Waals surface area contributed by atoms with Gasteiger partial charge in [-0.25, -0.2) is 0 Å². The summed E-state index contributed by atoms with van der Waals surface area (Å²) in [6.45, 7) is 6.88. The lowest BCUT2D eigenvalue weighted by molar-refractivity contribution is 0.299. The van der Waals surface area contributed by atoms with Crippen LogP contribution in [0.2, 0.25) is 0 Å². The number of hydrogen-bond donors (Lipinski definition) is 1. The predicted octanol–water partition coefficient (Wildman–Crippen LogP) is 0.945. The first-order valence-corrected chi connectivity index (χ1v) is 3.97. The van der Waals surface area contributed by atoms with Gasteiger partial charge in [-0.2, -0.15) is 0 Å². The molecule has 0 saturated carbocycles. The molecule has 0 bridgehead atoms. The van der Waals surface area contributed by atoms with Crippen LogP contribution in [0.15, 0.2) is 12.3 Å². The van der Waals surface area contributed by atoms with Gasteiger partial charge >= 0.3 is 0 Å². The summed E-state index contributed by atoms with van der Waals surface area (Å²) in [7, 11) is 0. The zero-order valence-electron chi connectivity index (χ0n) is 6.47. The Kier molecular flexibility index (Phi) is 2.75. The quantitative estimate of drug-likeness (QED) is 0.618. The summed E-state index contributed by atoms with van der Waals surface area (Å²) in [4.78, 5) is 2.30. The Labute approximate surface area is 62.7 Å². The van der Waals surface area contributed by atoms with Gasteiger partial charge in [0.2, 0.25) is 0 Å². The summed E-state index contributed by atoms with van der Waals surface area (Å²) in [6.07, 6.45) is 3.78. The maximum Gasteiger partial charge on any atom is 0.0297 e. The summed E-state index contributed by atoms with van der Waals surface area (Å²) in [6, 6.07) is 0. The maximum atomic E-state index is 5.44. The molecule has 0 atom stereocenters. The van der Waals surface area contributed by atoms with Crippen LogP contribution in [0.4, 0.5) is 0 Å². The Morgan fingerprint density at radius 2 is 2.30 bits per heavy atom. The van der Waals surface area contributed by atoms with Gasteiger partial charge in [0.15, 0.2) is 0 Å². The van der Waals surface area contributed by atoms with E-state index in [9.17, 15) is 0 Å². The molecular formula is C8H16N2. The minimum atomic E-state index is 0.749. The third kappa shape index (κ3) is 1.74. The molecule has 2 N–H and O–H groups in total. The van der Waals surface area contributed by atoms with Crippen molar-refractivity contribution in [2.75, 3.05) is 19.6 Å². The average molecular weight is 140 g/mol. The molecule has 1 saturated heterocycles. The molecule has 58 valence electrons. The topological polar surface area (TPSA) is 29.3 Å². The van der Waals surface area contributed by atoms with Crippen LogP contribution in [0.1, 0.15) is 19.3 Å². The van der Waals surface area contributed by atoms with Crippen molar-refractivity contribution < 1.29 is 0 Å². The van der Waals surface area contributed by atoms with Crippen molar-refractivity contribution in [1.29, 1.82) is 0 Å². The minimum absolute atomic E-state index is 0.749. The zero-order valence-corrected chi connectivity index (χ0v) is 6.47. The average Bonchev–Trinajstić information content (AvgIpc) is 1.94. The van der Waals surface area contributed by atoms with Crippen molar-refractivity contribution in [2.24, 2.45) is 5.73 Å². The molecule has 0 spiro atoms. The molecule has 1 heterocycles. The van der Waals surface area contributed by atoms with Crippen molar-refractivity contribution in [3.63, 3.8) is 0 Å². The van der Waals surface area contributed by atoms with Crippen LogP contribution >= 0.6 is 0 Å². The molecule has 1 aliphatic heterocycles. The van der Waals surface area contributed by atoms with E-state index in [1.165, 1.54) is 25.0 Å². The molecule has 0 aromatic heterocycles.